The zero-order valence-corrected chi connectivity index (χ0v) is 16.2. The van der Waals surface area contributed by atoms with Crippen molar-refractivity contribution in [3.8, 4) is 0 Å². The van der Waals surface area contributed by atoms with Gasteiger partial charge in [0.1, 0.15) is 6.10 Å². The second-order valence-corrected chi connectivity index (χ2v) is 9.94. The van der Waals surface area contributed by atoms with Gasteiger partial charge in [0.15, 0.2) is 0 Å². The van der Waals surface area contributed by atoms with Crippen LogP contribution in [0.4, 0.5) is 0 Å². The van der Waals surface area contributed by atoms with E-state index >= 15 is 0 Å². The summed E-state index contributed by atoms with van der Waals surface area (Å²) in [5.41, 5.74) is -1.65. The molecular formula is C20H36O5. The number of ether oxygens (including phenoxy) is 1. The Morgan fingerprint density at radius 1 is 1.08 bits per heavy atom. The number of hydrogen-bond donors (Lipinski definition) is 4. The van der Waals surface area contributed by atoms with E-state index in [0.717, 1.165) is 25.7 Å². The van der Waals surface area contributed by atoms with Crippen molar-refractivity contribution in [3.05, 3.63) is 0 Å². The quantitative estimate of drug-likeness (QED) is 0.620. The highest BCUT2D eigenvalue weighted by molar-refractivity contribution is 5.14. The first-order valence-electron chi connectivity index (χ1n) is 9.83. The summed E-state index contributed by atoms with van der Waals surface area (Å²) in [5.74, 6) is 0.339. The maximum absolute atomic E-state index is 11.1. The molecule has 1 heterocycles. The molecular weight excluding hydrogens is 320 g/mol. The molecule has 0 bridgehead atoms. The maximum atomic E-state index is 11.1. The molecule has 2 saturated carbocycles. The maximum Gasteiger partial charge on any atom is 0.106 e. The van der Waals surface area contributed by atoms with Gasteiger partial charge in [-0.1, -0.05) is 20.3 Å². The molecule has 8 atom stereocenters. The lowest BCUT2D eigenvalue weighted by molar-refractivity contribution is -0.307. The second kappa shape index (κ2) is 6.16. The van der Waals surface area contributed by atoms with E-state index in [1.807, 2.05) is 6.92 Å². The summed E-state index contributed by atoms with van der Waals surface area (Å²) in [6, 6.07) is 0. The van der Waals surface area contributed by atoms with Gasteiger partial charge in [-0.15, -0.1) is 0 Å². The molecule has 0 aromatic heterocycles. The lowest BCUT2D eigenvalue weighted by Crippen LogP contribution is -2.68. The van der Waals surface area contributed by atoms with E-state index in [-0.39, 0.29) is 35.9 Å². The highest BCUT2D eigenvalue weighted by Gasteiger charge is 2.65. The van der Waals surface area contributed by atoms with Gasteiger partial charge in [-0.3, -0.25) is 0 Å². The molecule has 5 nitrogen and oxygen atoms in total. The first-order chi connectivity index (χ1) is 11.5. The zero-order valence-electron chi connectivity index (χ0n) is 16.2. The van der Waals surface area contributed by atoms with Crippen molar-refractivity contribution < 1.29 is 25.2 Å². The van der Waals surface area contributed by atoms with Crippen LogP contribution in [-0.4, -0.2) is 57.0 Å². The average Bonchev–Trinajstić information content (AvgIpc) is 2.52. The van der Waals surface area contributed by atoms with Gasteiger partial charge >= 0.3 is 0 Å². The Hall–Kier alpha value is -0.200. The lowest BCUT2D eigenvalue weighted by Gasteiger charge is -2.67. The van der Waals surface area contributed by atoms with Crippen molar-refractivity contribution in [1.29, 1.82) is 0 Å². The van der Waals surface area contributed by atoms with E-state index in [1.54, 1.807) is 0 Å². The Morgan fingerprint density at radius 3 is 2.36 bits per heavy atom. The Labute approximate surface area is 151 Å². The van der Waals surface area contributed by atoms with Crippen molar-refractivity contribution >= 4 is 0 Å². The standard InChI is InChI=1S/C20H36O5/c1-17(12-22)7-5-8-18(2)14-6-9-19(3,15(24)11-21)25-20(14,4)10-13(23)16(17)18/h13-16,21-24H,5-12H2,1-4H3/t13-,14-,15?,16+,17+,18-,19-,20-/m1/s1. The molecule has 25 heavy (non-hydrogen) atoms. The third-order valence-corrected chi connectivity index (χ3v) is 8.09. The summed E-state index contributed by atoms with van der Waals surface area (Å²) in [6.45, 7) is 8.11. The average molecular weight is 357 g/mol. The van der Waals surface area contributed by atoms with Crippen molar-refractivity contribution in [2.75, 3.05) is 13.2 Å². The minimum Gasteiger partial charge on any atom is -0.396 e. The smallest absolute Gasteiger partial charge is 0.106 e. The molecule has 0 aromatic rings. The predicted octanol–water partition coefficient (Wildman–Crippen LogP) is 1.85. The van der Waals surface area contributed by atoms with E-state index in [4.69, 9.17) is 4.74 Å². The van der Waals surface area contributed by atoms with Gasteiger partial charge in [-0.05, 0) is 62.2 Å². The largest absolute Gasteiger partial charge is 0.396 e. The second-order valence-electron chi connectivity index (χ2n) is 9.94. The van der Waals surface area contributed by atoms with Crippen LogP contribution < -0.4 is 0 Å². The molecule has 0 amide bonds. The van der Waals surface area contributed by atoms with E-state index in [9.17, 15) is 20.4 Å². The predicted molar refractivity (Wildman–Crippen MR) is 95.0 cm³/mol. The first kappa shape index (κ1) is 19.6. The summed E-state index contributed by atoms with van der Waals surface area (Å²) in [5, 5.41) is 40.8. The molecule has 0 radical (unpaired) electrons. The molecule has 3 rings (SSSR count). The fourth-order valence-corrected chi connectivity index (χ4v) is 7.02. The van der Waals surface area contributed by atoms with Crippen LogP contribution in [0.2, 0.25) is 0 Å². The van der Waals surface area contributed by atoms with E-state index in [0.29, 0.717) is 12.8 Å². The number of aliphatic hydroxyl groups is 4. The van der Waals surface area contributed by atoms with E-state index in [2.05, 4.69) is 20.8 Å². The topological polar surface area (TPSA) is 90.2 Å². The normalized spacial score (nSPS) is 54.5. The number of rotatable bonds is 3. The zero-order chi connectivity index (χ0) is 18.7. The summed E-state index contributed by atoms with van der Waals surface area (Å²) in [4.78, 5) is 0. The van der Waals surface area contributed by atoms with Crippen LogP contribution in [0.3, 0.4) is 0 Å². The van der Waals surface area contributed by atoms with Crippen LogP contribution in [-0.2, 0) is 4.74 Å². The number of hydrogen-bond acceptors (Lipinski definition) is 5. The third kappa shape index (κ3) is 2.78. The summed E-state index contributed by atoms with van der Waals surface area (Å²) in [7, 11) is 0. The van der Waals surface area contributed by atoms with Crippen LogP contribution >= 0.6 is 0 Å². The Morgan fingerprint density at radius 2 is 1.76 bits per heavy atom. The van der Waals surface area contributed by atoms with Gasteiger partial charge in [0, 0.05) is 13.0 Å². The highest BCUT2D eigenvalue weighted by atomic mass is 16.5. The minimum absolute atomic E-state index is 0.0625. The van der Waals surface area contributed by atoms with Crippen LogP contribution in [0.5, 0.6) is 0 Å². The molecule has 4 N–H and O–H groups in total. The van der Waals surface area contributed by atoms with Crippen molar-refractivity contribution in [2.24, 2.45) is 22.7 Å². The van der Waals surface area contributed by atoms with Crippen molar-refractivity contribution in [2.45, 2.75) is 89.6 Å². The molecule has 2 aliphatic carbocycles. The molecule has 1 aliphatic heterocycles. The summed E-state index contributed by atoms with van der Waals surface area (Å²) >= 11 is 0. The molecule has 1 saturated heterocycles. The van der Waals surface area contributed by atoms with Gasteiger partial charge in [0.05, 0.1) is 23.9 Å². The van der Waals surface area contributed by atoms with Crippen LogP contribution in [0.1, 0.15) is 66.2 Å². The molecule has 0 aromatic carbocycles. The highest BCUT2D eigenvalue weighted by Crippen LogP contribution is 2.65. The van der Waals surface area contributed by atoms with Gasteiger partial charge in [0.2, 0.25) is 0 Å². The fraction of sp³-hybridized carbons (Fsp3) is 1.00. The molecule has 1 unspecified atom stereocenters. The Bertz CT molecular complexity index is 512. The van der Waals surface area contributed by atoms with Gasteiger partial charge < -0.3 is 25.2 Å². The van der Waals surface area contributed by atoms with E-state index in [1.165, 1.54) is 0 Å². The summed E-state index contributed by atoms with van der Waals surface area (Å²) < 4.78 is 6.47. The van der Waals surface area contributed by atoms with Crippen LogP contribution in [0, 0.1) is 22.7 Å². The van der Waals surface area contributed by atoms with Crippen molar-refractivity contribution in [1.82, 2.24) is 0 Å². The van der Waals surface area contributed by atoms with Gasteiger partial charge in [0.25, 0.3) is 0 Å². The Kier molecular flexibility index (Phi) is 4.82. The van der Waals surface area contributed by atoms with Crippen LogP contribution in [0.25, 0.3) is 0 Å². The third-order valence-electron chi connectivity index (χ3n) is 8.09. The van der Waals surface area contributed by atoms with E-state index < -0.39 is 23.4 Å². The minimum atomic E-state index is -0.915. The SMILES string of the molecule is C[C@@]1(CO)CCC[C@]2(C)[C@H]3CC[C@](C)(C(O)CO)O[C@]3(C)C[C@@H](O)[C@@H]12. The molecule has 3 aliphatic rings. The Balaban J connectivity index is 1.97. The van der Waals surface area contributed by atoms with Crippen LogP contribution in [0.15, 0.2) is 0 Å². The monoisotopic (exact) mass is 356 g/mol. The van der Waals surface area contributed by atoms with Gasteiger partial charge in [-0.25, -0.2) is 0 Å². The number of fused-ring (bicyclic) bond motifs is 3. The molecule has 5 heteroatoms. The summed E-state index contributed by atoms with van der Waals surface area (Å²) in [6.07, 6.45) is 3.72. The number of aliphatic hydroxyl groups excluding tert-OH is 4. The lowest BCUT2D eigenvalue weighted by atomic mass is 9.43. The van der Waals surface area contributed by atoms with Gasteiger partial charge in [-0.2, -0.15) is 0 Å². The molecule has 3 fully saturated rings. The van der Waals surface area contributed by atoms with Crippen molar-refractivity contribution in [3.63, 3.8) is 0 Å². The fourth-order valence-electron chi connectivity index (χ4n) is 7.02. The molecule has 0 spiro atoms. The molecule has 146 valence electrons. The first-order valence-corrected chi connectivity index (χ1v) is 9.83.